The van der Waals surface area contributed by atoms with E-state index in [0.717, 1.165) is 18.5 Å². The number of rotatable bonds is 5. The topological polar surface area (TPSA) is 60.9 Å². The molecule has 1 fully saturated rings. The van der Waals surface area contributed by atoms with Crippen LogP contribution in [0.1, 0.15) is 53.5 Å². The molecule has 1 aromatic rings. The predicted molar refractivity (Wildman–Crippen MR) is 115 cm³/mol. The van der Waals surface area contributed by atoms with Crippen molar-refractivity contribution in [3.05, 3.63) is 29.8 Å². The van der Waals surface area contributed by atoms with Gasteiger partial charge in [-0.3, -0.25) is 4.90 Å². The zero-order valence-corrected chi connectivity index (χ0v) is 19.4. The number of hydrogen-bond donors (Lipinski definition) is 1. The first-order chi connectivity index (χ1) is 12.7. The van der Waals surface area contributed by atoms with Gasteiger partial charge < -0.3 is 5.11 Å². The molecule has 1 aliphatic rings. The Bertz CT molecular complexity index is 760. The molecule has 1 heterocycles. The van der Waals surface area contributed by atoms with Crippen molar-refractivity contribution in [2.24, 2.45) is 10.8 Å². The minimum absolute atomic E-state index is 0.0322. The van der Waals surface area contributed by atoms with Crippen LogP contribution < -0.4 is 0 Å². The van der Waals surface area contributed by atoms with Gasteiger partial charge in [-0.1, -0.05) is 59.2 Å². The summed E-state index contributed by atoms with van der Waals surface area (Å²) in [6.07, 6.45) is 0.729. The zero-order chi connectivity index (χ0) is 21.4. The number of benzene rings is 1. The van der Waals surface area contributed by atoms with Crippen molar-refractivity contribution >= 4 is 10.0 Å². The van der Waals surface area contributed by atoms with E-state index in [4.69, 9.17) is 0 Å². The van der Waals surface area contributed by atoms with E-state index in [1.54, 1.807) is 16.4 Å². The molecule has 28 heavy (non-hydrogen) atoms. The Balaban J connectivity index is 2.40. The summed E-state index contributed by atoms with van der Waals surface area (Å²) in [5.74, 6) is 0. The third kappa shape index (κ3) is 5.56. The average Bonchev–Trinajstić information content (AvgIpc) is 2.54. The van der Waals surface area contributed by atoms with Crippen LogP contribution in [0.25, 0.3) is 0 Å². The number of nitrogens with zero attached hydrogens (tertiary/aromatic N) is 2. The largest absolute Gasteiger partial charge is 0.394 e. The highest BCUT2D eigenvalue weighted by Gasteiger charge is 2.47. The molecule has 0 bridgehead atoms. The second-order valence-corrected chi connectivity index (χ2v) is 12.7. The fourth-order valence-corrected chi connectivity index (χ4v) is 5.73. The van der Waals surface area contributed by atoms with Crippen LogP contribution in [-0.4, -0.2) is 61.1 Å². The quantitative estimate of drug-likeness (QED) is 0.807. The first kappa shape index (κ1) is 23.3. The number of aryl methyl sites for hydroxylation is 1. The third-order valence-electron chi connectivity index (χ3n) is 5.24. The third-order valence-corrected chi connectivity index (χ3v) is 7.10. The minimum Gasteiger partial charge on any atom is -0.394 e. The molecule has 1 unspecified atom stereocenters. The monoisotopic (exact) mass is 410 g/mol. The molecule has 6 heteroatoms. The molecule has 1 aliphatic heterocycles. The number of hydrogen-bond acceptors (Lipinski definition) is 4. The van der Waals surface area contributed by atoms with Gasteiger partial charge >= 0.3 is 0 Å². The van der Waals surface area contributed by atoms with Crippen LogP contribution in [0.2, 0.25) is 0 Å². The van der Waals surface area contributed by atoms with Crippen LogP contribution in [0.5, 0.6) is 0 Å². The molecular weight excluding hydrogens is 372 g/mol. The molecule has 0 radical (unpaired) electrons. The lowest BCUT2D eigenvalue weighted by Crippen LogP contribution is -2.67. The van der Waals surface area contributed by atoms with Gasteiger partial charge in [0.1, 0.15) is 0 Å². The van der Waals surface area contributed by atoms with E-state index in [2.05, 4.69) is 46.4 Å². The Hall–Kier alpha value is -0.950. The van der Waals surface area contributed by atoms with E-state index in [1.165, 1.54) is 0 Å². The number of piperazine rings is 1. The summed E-state index contributed by atoms with van der Waals surface area (Å²) in [6, 6.07) is 7.02. The van der Waals surface area contributed by atoms with Crippen LogP contribution in [0, 0.1) is 17.8 Å². The Morgan fingerprint density at radius 2 is 1.57 bits per heavy atom. The first-order valence-corrected chi connectivity index (χ1v) is 11.6. The lowest BCUT2D eigenvalue weighted by atomic mass is 9.77. The van der Waals surface area contributed by atoms with Gasteiger partial charge in [0.05, 0.1) is 17.0 Å². The molecule has 0 saturated carbocycles. The molecule has 1 atom stereocenters. The van der Waals surface area contributed by atoms with Crippen LogP contribution in [0.3, 0.4) is 0 Å². The van der Waals surface area contributed by atoms with Crippen LogP contribution >= 0.6 is 0 Å². The molecule has 0 aromatic heterocycles. The van der Waals surface area contributed by atoms with Gasteiger partial charge in [0, 0.05) is 26.2 Å². The van der Waals surface area contributed by atoms with E-state index in [1.807, 2.05) is 19.1 Å². The van der Waals surface area contributed by atoms with Crippen molar-refractivity contribution in [2.75, 3.05) is 32.8 Å². The second-order valence-electron chi connectivity index (χ2n) is 10.8. The Labute approximate surface area is 171 Å². The van der Waals surface area contributed by atoms with Gasteiger partial charge in [0.2, 0.25) is 10.0 Å². The van der Waals surface area contributed by atoms with Gasteiger partial charge in [-0.25, -0.2) is 8.42 Å². The number of aliphatic hydroxyl groups excluding tert-OH is 1. The second kappa shape index (κ2) is 8.05. The molecule has 0 spiro atoms. The normalized spacial score (nSPS) is 23.1. The van der Waals surface area contributed by atoms with Crippen LogP contribution in [-0.2, 0) is 10.0 Å². The van der Waals surface area contributed by atoms with Gasteiger partial charge in [-0.15, -0.1) is 0 Å². The summed E-state index contributed by atoms with van der Waals surface area (Å²) in [5, 5.41) is 10.5. The molecule has 1 aromatic carbocycles. The summed E-state index contributed by atoms with van der Waals surface area (Å²) in [5.41, 5.74) is 0.485. The molecular formula is C22H38N2O3S. The summed E-state index contributed by atoms with van der Waals surface area (Å²) < 4.78 is 28.1. The molecule has 0 amide bonds. The van der Waals surface area contributed by atoms with Crippen molar-refractivity contribution in [3.63, 3.8) is 0 Å². The van der Waals surface area contributed by atoms with Gasteiger partial charge in [0.25, 0.3) is 0 Å². The van der Waals surface area contributed by atoms with E-state index >= 15 is 0 Å². The average molecular weight is 411 g/mol. The van der Waals surface area contributed by atoms with E-state index < -0.39 is 15.6 Å². The zero-order valence-electron chi connectivity index (χ0n) is 18.6. The summed E-state index contributed by atoms with van der Waals surface area (Å²) in [6.45, 7) is 17.1. The predicted octanol–water partition coefficient (Wildman–Crippen LogP) is 3.51. The molecule has 160 valence electrons. The summed E-state index contributed by atoms with van der Waals surface area (Å²) >= 11 is 0. The molecule has 1 saturated heterocycles. The van der Waals surface area contributed by atoms with Crippen molar-refractivity contribution in [2.45, 2.75) is 65.3 Å². The van der Waals surface area contributed by atoms with Crippen molar-refractivity contribution in [1.29, 1.82) is 0 Å². The maximum Gasteiger partial charge on any atom is 0.243 e. The molecule has 0 aliphatic carbocycles. The molecule has 1 N–H and O–H groups in total. The standard InChI is InChI=1S/C22H38N2O3S/c1-18-8-10-19(11-9-18)28(26,27)24-13-12-23(15-21(5,6)7)22(16-24,17-25)14-20(2,3)4/h8-11,25H,12-17H2,1-7H3. The van der Waals surface area contributed by atoms with Gasteiger partial charge in [0.15, 0.2) is 0 Å². The van der Waals surface area contributed by atoms with Gasteiger partial charge in [-0.05, 0) is 36.3 Å². The van der Waals surface area contributed by atoms with E-state index in [0.29, 0.717) is 24.5 Å². The highest BCUT2D eigenvalue weighted by atomic mass is 32.2. The highest BCUT2D eigenvalue weighted by molar-refractivity contribution is 7.89. The fourth-order valence-electron chi connectivity index (χ4n) is 4.22. The highest BCUT2D eigenvalue weighted by Crippen LogP contribution is 2.37. The molecule has 5 nitrogen and oxygen atoms in total. The van der Waals surface area contributed by atoms with Crippen LogP contribution in [0.15, 0.2) is 29.2 Å². The van der Waals surface area contributed by atoms with E-state index in [9.17, 15) is 13.5 Å². The number of aliphatic hydroxyl groups is 1. The fraction of sp³-hybridized carbons (Fsp3) is 0.727. The summed E-state index contributed by atoms with van der Waals surface area (Å²) in [7, 11) is -3.59. The van der Waals surface area contributed by atoms with Crippen LogP contribution in [0.4, 0.5) is 0 Å². The molecule has 2 rings (SSSR count). The van der Waals surface area contributed by atoms with Crippen molar-refractivity contribution in [1.82, 2.24) is 9.21 Å². The summed E-state index contributed by atoms with van der Waals surface area (Å²) in [4.78, 5) is 2.64. The lowest BCUT2D eigenvalue weighted by molar-refractivity contribution is -0.0529. The van der Waals surface area contributed by atoms with Crippen molar-refractivity contribution < 1.29 is 13.5 Å². The Morgan fingerprint density at radius 1 is 1.00 bits per heavy atom. The minimum atomic E-state index is -3.59. The lowest BCUT2D eigenvalue weighted by Gasteiger charge is -2.53. The SMILES string of the molecule is Cc1ccc(S(=O)(=O)N2CCN(CC(C)(C)C)C(CO)(CC(C)(C)C)C2)cc1. The smallest absolute Gasteiger partial charge is 0.243 e. The maximum atomic E-state index is 13.3. The van der Waals surface area contributed by atoms with E-state index in [-0.39, 0.29) is 17.4 Å². The van der Waals surface area contributed by atoms with Gasteiger partial charge in [-0.2, -0.15) is 4.31 Å². The Kier molecular flexibility index (Phi) is 6.71. The Morgan fingerprint density at radius 3 is 2.04 bits per heavy atom. The maximum absolute atomic E-state index is 13.3. The van der Waals surface area contributed by atoms with Crippen molar-refractivity contribution in [3.8, 4) is 0 Å². The first-order valence-electron chi connectivity index (χ1n) is 10.1. The number of sulfonamides is 1.